The molecule has 0 heterocycles. The van der Waals surface area contributed by atoms with Crippen molar-refractivity contribution in [2.75, 3.05) is 5.32 Å². The van der Waals surface area contributed by atoms with Gasteiger partial charge in [0.05, 0.1) is 4.92 Å². The fourth-order valence-corrected chi connectivity index (χ4v) is 1.75. The molecule has 2 aromatic rings. The largest absolute Gasteiger partial charge is 0.322 e. The number of nitro benzene ring substituents is 1. The summed E-state index contributed by atoms with van der Waals surface area (Å²) in [5.74, 6) is 2.18. The second-order valence-corrected chi connectivity index (χ2v) is 4.40. The number of hydrogen-bond donors (Lipinski definition) is 1. The number of amides is 1. The van der Waals surface area contributed by atoms with Gasteiger partial charge in [-0.25, -0.2) is 0 Å². The summed E-state index contributed by atoms with van der Waals surface area (Å²) in [5, 5.41) is 13.2. The highest BCUT2D eigenvalue weighted by Gasteiger charge is 2.03. The van der Waals surface area contributed by atoms with Crippen molar-refractivity contribution in [3.8, 4) is 12.3 Å². The fraction of sp³-hybridized carbons (Fsp3) is 0. The van der Waals surface area contributed by atoms with E-state index in [2.05, 4.69) is 11.2 Å². The van der Waals surface area contributed by atoms with Crippen molar-refractivity contribution < 1.29 is 9.72 Å². The molecule has 1 N–H and O–H groups in total. The highest BCUT2D eigenvalue weighted by molar-refractivity contribution is 6.02. The Hall–Kier alpha value is -3.39. The Morgan fingerprint density at radius 3 is 2.59 bits per heavy atom. The maximum atomic E-state index is 11.8. The molecule has 0 aliphatic carbocycles. The van der Waals surface area contributed by atoms with E-state index >= 15 is 0 Å². The normalized spacial score (nSPS) is 10.1. The molecule has 1 amide bonds. The van der Waals surface area contributed by atoms with Gasteiger partial charge < -0.3 is 5.32 Å². The predicted molar refractivity (Wildman–Crippen MR) is 85.1 cm³/mol. The minimum atomic E-state index is -0.474. The summed E-state index contributed by atoms with van der Waals surface area (Å²) >= 11 is 0. The SMILES string of the molecule is C#Cc1cccc(NC(=O)/C=C/c2ccc([N+](=O)[O-])cc2)c1. The van der Waals surface area contributed by atoms with Crippen LogP contribution in [0.15, 0.2) is 54.6 Å². The van der Waals surface area contributed by atoms with Crippen LogP contribution < -0.4 is 5.32 Å². The Labute approximate surface area is 127 Å². The van der Waals surface area contributed by atoms with Crippen LogP contribution in [0.25, 0.3) is 6.08 Å². The molecule has 2 aromatic carbocycles. The van der Waals surface area contributed by atoms with Gasteiger partial charge in [0.1, 0.15) is 0 Å². The molecular weight excluding hydrogens is 280 g/mol. The number of benzene rings is 2. The minimum Gasteiger partial charge on any atom is -0.322 e. The van der Waals surface area contributed by atoms with Gasteiger partial charge in [-0.05, 0) is 42.0 Å². The van der Waals surface area contributed by atoms with E-state index < -0.39 is 4.92 Å². The first-order chi connectivity index (χ1) is 10.6. The Morgan fingerprint density at radius 1 is 1.23 bits per heavy atom. The number of carbonyl (C=O) groups excluding carboxylic acids is 1. The van der Waals surface area contributed by atoms with Gasteiger partial charge in [-0.3, -0.25) is 14.9 Å². The van der Waals surface area contributed by atoms with E-state index in [9.17, 15) is 14.9 Å². The van der Waals surface area contributed by atoms with Gasteiger partial charge in [0.2, 0.25) is 5.91 Å². The topological polar surface area (TPSA) is 72.2 Å². The molecule has 0 spiro atoms. The molecule has 0 radical (unpaired) electrons. The second kappa shape index (κ2) is 6.86. The summed E-state index contributed by atoms with van der Waals surface area (Å²) in [4.78, 5) is 21.9. The number of nitrogens with zero attached hydrogens (tertiary/aromatic N) is 1. The third-order valence-electron chi connectivity index (χ3n) is 2.83. The van der Waals surface area contributed by atoms with Gasteiger partial charge >= 0.3 is 0 Å². The average Bonchev–Trinajstić information content (AvgIpc) is 2.53. The number of non-ortho nitro benzene ring substituents is 1. The number of terminal acetylenes is 1. The quantitative estimate of drug-likeness (QED) is 0.407. The molecule has 0 unspecified atom stereocenters. The number of carbonyl (C=O) groups is 1. The summed E-state index contributed by atoms with van der Waals surface area (Å²) in [7, 11) is 0. The third-order valence-corrected chi connectivity index (χ3v) is 2.83. The summed E-state index contributed by atoms with van der Waals surface area (Å²) < 4.78 is 0. The molecule has 0 atom stereocenters. The zero-order valence-corrected chi connectivity index (χ0v) is 11.5. The molecule has 5 heteroatoms. The summed E-state index contributed by atoms with van der Waals surface area (Å²) in [6.07, 6.45) is 8.22. The molecule has 2 rings (SSSR count). The first kappa shape index (κ1) is 15.0. The van der Waals surface area contributed by atoms with Crippen LogP contribution in [0.5, 0.6) is 0 Å². The van der Waals surface area contributed by atoms with E-state index in [1.807, 2.05) is 0 Å². The predicted octanol–water partition coefficient (Wildman–Crippen LogP) is 3.23. The second-order valence-electron chi connectivity index (χ2n) is 4.40. The molecule has 0 saturated heterocycles. The van der Waals surface area contributed by atoms with Crippen LogP contribution in [0.2, 0.25) is 0 Å². The molecule has 22 heavy (non-hydrogen) atoms. The van der Waals surface area contributed by atoms with Crippen molar-refractivity contribution in [2.45, 2.75) is 0 Å². The lowest BCUT2D eigenvalue weighted by Gasteiger charge is -2.02. The first-order valence-electron chi connectivity index (χ1n) is 6.38. The van der Waals surface area contributed by atoms with Crippen LogP contribution in [0.3, 0.4) is 0 Å². The van der Waals surface area contributed by atoms with Crippen molar-refractivity contribution in [3.05, 3.63) is 75.8 Å². The van der Waals surface area contributed by atoms with E-state index in [0.29, 0.717) is 16.8 Å². The average molecular weight is 292 g/mol. The Morgan fingerprint density at radius 2 is 1.95 bits per heavy atom. The molecule has 0 saturated carbocycles. The fourth-order valence-electron chi connectivity index (χ4n) is 1.75. The van der Waals surface area contributed by atoms with Crippen LogP contribution in [0, 0.1) is 22.5 Å². The summed E-state index contributed by atoms with van der Waals surface area (Å²) in [5.41, 5.74) is 1.98. The van der Waals surface area contributed by atoms with Crippen LogP contribution in [-0.2, 0) is 4.79 Å². The van der Waals surface area contributed by atoms with E-state index in [4.69, 9.17) is 6.42 Å². The summed E-state index contributed by atoms with van der Waals surface area (Å²) in [6.45, 7) is 0. The van der Waals surface area contributed by atoms with Crippen LogP contribution >= 0.6 is 0 Å². The number of anilines is 1. The monoisotopic (exact) mass is 292 g/mol. The molecule has 0 fully saturated rings. The van der Waals surface area contributed by atoms with Crippen LogP contribution in [-0.4, -0.2) is 10.8 Å². The van der Waals surface area contributed by atoms with Crippen molar-refractivity contribution in [2.24, 2.45) is 0 Å². The van der Waals surface area contributed by atoms with Crippen LogP contribution in [0.4, 0.5) is 11.4 Å². The lowest BCUT2D eigenvalue weighted by atomic mass is 10.2. The van der Waals surface area contributed by atoms with Gasteiger partial charge in [0.15, 0.2) is 0 Å². The molecule has 0 aliphatic rings. The standard InChI is InChI=1S/C17H12N2O3/c1-2-13-4-3-5-15(12-13)18-17(20)11-8-14-6-9-16(10-7-14)19(21)22/h1,3-12H,(H,18,20)/b11-8+. The number of nitro groups is 1. The van der Waals surface area contributed by atoms with E-state index in [0.717, 1.165) is 0 Å². The number of hydrogen-bond acceptors (Lipinski definition) is 3. The Balaban J connectivity index is 2.02. The van der Waals surface area contributed by atoms with E-state index in [1.165, 1.54) is 18.2 Å². The van der Waals surface area contributed by atoms with Gasteiger partial charge in [0, 0.05) is 29.5 Å². The van der Waals surface area contributed by atoms with Gasteiger partial charge in [-0.1, -0.05) is 12.0 Å². The highest BCUT2D eigenvalue weighted by atomic mass is 16.6. The van der Waals surface area contributed by atoms with Crippen LogP contribution in [0.1, 0.15) is 11.1 Å². The third kappa shape index (κ3) is 4.05. The van der Waals surface area contributed by atoms with Crippen molar-refractivity contribution in [3.63, 3.8) is 0 Å². The maximum absolute atomic E-state index is 11.8. The minimum absolute atomic E-state index is 0.00713. The van der Waals surface area contributed by atoms with E-state index in [-0.39, 0.29) is 11.6 Å². The zero-order chi connectivity index (χ0) is 15.9. The smallest absolute Gasteiger partial charge is 0.269 e. The molecule has 0 bridgehead atoms. The Kier molecular flexibility index (Phi) is 4.68. The zero-order valence-electron chi connectivity index (χ0n) is 11.5. The number of rotatable bonds is 4. The molecule has 0 aliphatic heterocycles. The van der Waals surface area contributed by atoms with E-state index in [1.54, 1.807) is 42.5 Å². The van der Waals surface area contributed by atoms with Crippen molar-refractivity contribution in [1.29, 1.82) is 0 Å². The highest BCUT2D eigenvalue weighted by Crippen LogP contribution is 2.13. The van der Waals surface area contributed by atoms with Gasteiger partial charge in [0.25, 0.3) is 5.69 Å². The lowest BCUT2D eigenvalue weighted by Crippen LogP contribution is -2.07. The van der Waals surface area contributed by atoms with Gasteiger partial charge in [-0.2, -0.15) is 0 Å². The number of nitrogens with one attached hydrogen (secondary N) is 1. The lowest BCUT2D eigenvalue weighted by molar-refractivity contribution is -0.384. The van der Waals surface area contributed by atoms with Crippen molar-refractivity contribution in [1.82, 2.24) is 0 Å². The first-order valence-corrected chi connectivity index (χ1v) is 6.38. The van der Waals surface area contributed by atoms with Crippen molar-refractivity contribution >= 4 is 23.4 Å². The molecule has 108 valence electrons. The molecular formula is C17H12N2O3. The maximum Gasteiger partial charge on any atom is 0.269 e. The molecule has 0 aromatic heterocycles. The molecule has 5 nitrogen and oxygen atoms in total. The van der Waals surface area contributed by atoms with Gasteiger partial charge in [-0.15, -0.1) is 6.42 Å². The summed E-state index contributed by atoms with van der Waals surface area (Å²) in [6, 6.07) is 12.9. The Bertz CT molecular complexity index is 771.